The number of hydrogen-bond donors (Lipinski definition) is 3. The third-order valence-corrected chi connectivity index (χ3v) is 4.72. The Hall–Kier alpha value is -2.16. The van der Waals surface area contributed by atoms with Crippen LogP contribution < -0.4 is 16.0 Å². The summed E-state index contributed by atoms with van der Waals surface area (Å²) in [6, 6.07) is -0.0197. The molecule has 1 heterocycles. The Morgan fingerprint density at radius 1 is 1.22 bits per heavy atom. The van der Waals surface area contributed by atoms with Gasteiger partial charge in [0.2, 0.25) is 5.91 Å². The van der Waals surface area contributed by atoms with Crippen LogP contribution in [0.15, 0.2) is 4.99 Å². The topological polar surface area (TPSA) is 105 Å². The molecule has 0 bridgehead atoms. The van der Waals surface area contributed by atoms with Crippen molar-refractivity contribution >= 4 is 29.2 Å². The van der Waals surface area contributed by atoms with Crippen molar-refractivity contribution < 1.29 is 14.3 Å². The number of ether oxygens (including phenoxy) is 1. The van der Waals surface area contributed by atoms with E-state index in [1.807, 2.05) is 27.7 Å². The van der Waals surface area contributed by atoms with Crippen LogP contribution in [-0.2, 0) is 9.53 Å². The maximum atomic E-state index is 12.0. The van der Waals surface area contributed by atoms with Crippen molar-refractivity contribution in [3.63, 3.8) is 0 Å². The number of aryl methyl sites for hydroxylation is 1. The van der Waals surface area contributed by atoms with Crippen molar-refractivity contribution in [2.45, 2.75) is 60.0 Å². The average molecular weight is 398 g/mol. The summed E-state index contributed by atoms with van der Waals surface area (Å²) in [5.74, 6) is 0.239. The first-order valence-corrected chi connectivity index (χ1v) is 10.1. The first-order valence-electron chi connectivity index (χ1n) is 9.27. The number of amides is 1. The quantitative estimate of drug-likeness (QED) is 0.335. The van der Waals surface area contributed by atoms with Gasteiger partial charge in [0.1, 0.15) is 9.88 Å². The Balaban J connectivity index is 2.73. The standard InChI is InChI=1S/C18H31N5O3S/c1-7-19-18(20-10-9-14(24)21-11(3)4)23-13(6)16-22-12(5)15(27-16)17(25)26-8-2/h11,13H,7-10H2,1-6H3,(H,21,24)(H2,19,20,23). The minimum Gasteiger partial charge on any atom is -0.462 e. The summed E-state index contributed by atoms with van der Waals surface area (Å²) in [5, 5.41) is 10.0. The van der Waals surface area contributed by atoms with E-state index < -0.39 is 0 Å². The number of esters is 1. The first-order chi connectivity index (χ1) is 12.8. The minimum atomic E-state index is -0.345. The Labute approximate surface area is 165 Å². The van der Waals surface area contributed by atoms with E-state index in [9.17, 15) is 9.59 Å². The zero-order valence-corrected chi connectivity index (χ0v) is 17.8. The smallest absolute Gasteiger partial charge is 0.350 e. The van der Waals surface area contributed by atoms with Gasteiger partial charge in [-0.3, -0.25) is 9.79 Å². The fourth-order valence-electron chi connectivity index (χ4n) is 2.24. The molecule has 0 saturated heterocycles. The molecule has 0 fully saturated rings. The summed E-state index contributed by atoms with van der Waals surface area (Å²) in [6.45, 7) is 12.8. The van der Waals surface area contributed by atoms with Crippen LogP contribution in [0.5, 0.6) is 0 Å². The molecule has 0 aliphatic heterocycles. The summed E-state index contributed by atoms with van der Waals surface area (Å²) >= 11 is 1.32. The summed E-state index contributed by atoms with van der Waals surface area (Å²) < 4.78 is 5.06. The molecule has 152 valence electrons. The fourth-order valence-corrected chi connectivity index (χ4v) is 3.20. The predicted molar refractivity (Wildman–Crippen MR) is 108 cm³/mol. The van der Waals surface area contributed by atoms with Gasteiger partial charge < -0.3 is 20.7 Å². The van der Waals surface area contributed by atoms with Crippen molar-refractivity contribution in [3.05, 3.63) is 15.6 Å². The van der Waals surface area contributed by atoms with E-state index in [-0.39, 0.29) is 24.0 Å². The number of carbonyl (C=O) groups is 2. The lowest BCUT2D eigenvalue weighted by atomic mass is 10.3. The zero-order chi connectivity index (χ0) is 20.4. The number of rotatable bonds is 9. The number of nitrogens with zero attached hydrogens (tertiary/aromatic N) is 2. The SMILES string of the molecule is CCNC(=NCCC(=O)NC(C)C)NC(C)c1nc(C)c(C(=O)OCC)s1. The van der Waals surface area contributed by atoms with Crippen LogP contribution >= 0.6 is 11.3 Å². The fraction of sp³-hybridized carbons (Fsp3) is 0.667. The number of aromatic nitrogens is 1. The van der Waals surface area contributed by atoms with Gasteiger partial charge in [0.25, 0.3) is 0 Å². The largest absolute Gasteiger partial charge is 0.462 e. The normalized spacial score (nSPS) is 12.6. The van der Waals surface area contributed by atoms with Crippen LogP contribution in [0, 0.1) is 6.92 Å². The van der Waals surface area contributed by atoms with Gasteiger partial charge in [0.05, 0.1) is 24.9 Å². The number of carbonyl (C=O) groups excluding carboxylic acids is 2. The summed E-state index contributed by atoms with van der Waals surface area (Å²) in [7, 11) is 0. The van der Waals surface area contributed by atoms with Gasteiger partial charge in [0, 0.05) is 19.0 Å². The van der Waals surface area contributed by atoms with Crippen molar-refractivity contribution in [1.82, 2.24) is 20.9 Å². The van der Waals surface area contributed by atoms with Crippen LogP contribution in [-0.4, -0.2) is 48.6 Å². The highest BCUT2D eigenvalue weighted by Crippen LogP contribution is 2.24. The molecule has 0 saturated carbocycles. The van der Waals surface area contributed by atoms with E-state index >= 15 is 0 Å². The molecule has 1 unspecified atom stereocenters. The molecule has 8 nitrogen and oxygen atoms in total. The third-order valence-electron chi connectivity index (χ3n) is 3.40. The lowest BCUT2D eigenvalue weighted by Crippen LogP contribution is -2.39. The molecule has 3 N–H and O–H groups in total. The highest BCUT2D eigenvalue weighted by molar-refractivity contribution is 7.13. The lowest BCUT2D eigenvalue weighted by Gasteiger charge is -2.16. The molecule has 1 amide bonds. The second-order valence-corrected chi connectivity index (χ2v) is 7.32. The molecule has 1 atom stereocenters. The average Bonchev–Trinajstić information content (AvgIpc) is 2.96. The Kier molecular flexibility index (Phi) is 9.77. The second-order valence-electron chi connectivity index (χ2n) is 6.29. The van der Waals surface area contributed by atoms with Crippen molar-refractivity contribution in [2.75, 3.05) is 19.7 Å². The van der Waals surface area contributed by atoms with Crippen LogP contribution in [0.4, 0.5) is 0 Å². The van der Waals surface area contributed by atoms with E-state index in [1.54, 1.807) is 13.8 Å². The van der Waals surface area contributed by atoms with Crippen LogP contribution in [0.1, 0.15) is 67.5 Å². The van der Waals surface area contributed by atoms with Gasteiger partial charge in [-0.2, -0.15) is 0 Å². The van der Waals surface area contributed by atoms with E-state index in [2.05, 4.69) is 25.9 Å². The third kappa shape index (κ3) is 7.94. The first kappa shape index (κ1) is 22.9. The highest BCUT2D eigenvalue weighted by atomic mass is 32.1. The summed E-state index contributed by atoms with van der Waals surface area (Å²) in [5.41, 5.74) is 0.661. The monoisotopic (exact) mass is 397 g/mol. The molecular weight excluding hydrogens is 366 g/mol. The van der Waals surface area contributed by atoms with E-state index in [0.29, 0.717) is 42.6 Å². The highest BCUT2D eigenvalue weighted by Gasteiger charge is 2.20. The van der Waals surface area contributed by atoms with Gasteiger partial charge in [-0.25, -0.2) is 9.78 Å². The summed E-state index contributed by atoms with van der Waals surface area (Å²) in [6.07, 6.45) is 0.326. The lowest BCUT2D eigenvalue weighted by molar-refractivity contribution is -0.121. The van der Waals surface area contributed by atoms with Gasteiger partial charge in [-0.05, 0) is 41.5 Å². The number of guanidine groups is 1. The molecule has 0 radical (unpaired) electrons. The zero-order valence-electron chi connectivity index (χ0n) is 17.0. The number of thiazole rings is 1. The van der Waals surface area contributed by atoms with Crippen molar-refractivity contribution in [3.8, 4) is 0 Å². The molecule has 27 heavy (non-hydrogen) atoms. The van der Waals surface area contributed by atoms with Crippen LogP contribution in [0.25, 0.3) is 0 Å². The predicted octanol–water partition coefficient (Wildman–Crippen LogP) is 2.16. The van der Waals surface area contributed by atoms with E-state index in [4.69, 9.17) is 4.74 Å². The van der Waals surface area contributed by atoms with Crippen molar-refractivity contribution in [1.29, 1.82) is 0 Å². The number of aliphatic imine (C=N–C) groups is 1. The Morgan fingerprint density at radius 3 is 2.52 bits per heavy atom. The molecule has 9 heteroatoms. The molecular formula is C18H31N5O3S. The molecule has 0 aliphatic rings. The van der Waals surface area contributed by atoms with Gasteiger partial charge >= 0.3 is 5.97 Å². The molecule has 1 aromatic heterocycles. The molecule has 0 aliphatic carbocycles. The van der Waals surface area contributed by atoms with E-state index in [1.165, 1.54) is 11.3 Å². The van der Waals surface area contributed by atoms with Crippen LogP contribution in [0.2, 0.25) is 0 Å². The van der Waals surface area contributed by atoms with E-state index in [0.717, 1.165) is 5.01 Å². The van der Waals surface area contributed by atoms with Gasteiger partial charge in [0.15, 0.2) is 5.96 Å². The molecule has 0 aromatic carbocycles. The molecule has 0 spiro atoms. The maximum absolute atomic E-state index is 12.0. The molecule has 1 aromatic rings. The maximum Gasteiger partial charge on any atom is 0.350 e. The van der Waals surface area contributed by atoms with Crippen molar-refractivity contribution in [2.24, 2.45) is 4.99 Å². The number of nitrogens with one attached hydrogen (secondary N) is 3. The van der Waals surface area contributed by atoms with Gasteiger partial charge in [-0.15, -0.1) is 11.3 Å². The second kappa shape index (κ2) is 11.5. The van der Waals surface area contributed by atoms with Crippen LogP contribution in [0.3, 0.4) is 0 Å². The summed E-state index contributed by atoms with van der Waals surface area (Å²) in [4.78, 5) is 33.1. The number of hydrogen-bond acceptors (Lipinski definition) is 6. The Bertz CT molecular complexity index is 657. The minimum absolute atomic E-state index is 0.0210. The Morgan fingerprint density at radius 2 is 1.93 bits per heavy atom. The molecule has 1 rings (SSSR count). The van der Waals surface area contributed by atoms with Gasteiger partial charge in [-0.1, -0.05) is 0 Å².